The lowest BCUT2D eigenvalue weighted by atomic mass is 10.1. The number of carbonyl (C=O) groups excluding carboxylic acids is 2. The van der Waals surface area contributed by atoms with E-state index in [-0.39, 0.29) is 23.8 Å². The van der Waals surface area contributed by atoms with Crippen LogP contribution < -0.4 is 15.2 Å². The quantitative estimate of drug-likeness (QED) is 0.825. The molecule has 2 aliphatic heterocycles. The van der Waals surface area contributed by atoms with Crippen molar-refractivity contribution in [3.8, 4) is 11.5 Å². The predicted octanol–water partition coefficient (Wildman–Crippen LogP) is 1.76. The normalized spacial score (nSPS) is 22.1. The Morgan fingerprint density at radius 2 is 2.24 bits per heavy atom. The van der Waals surface area contributed by atoms with Gasteiger partial charge >= 0.3 is 0 Å². The molecule has 1 aromatic carbocycles. The molecule has 2 aliphatic rings. The zero-order valence-corrected chi connectivity index (χ0v) is 14.7. The van der Waals surface area contributed by atoms with Crippen LogP contribution in [0.25, 0.3) is 6.08 Å². The Morgan fingerprint density at radius 3 is 2.92 bits per heavy atom. The molecule has 2 N–H and O–H groups in total. The number of hydrogen-bond donors (Lipinski definition) is 1. The largest absolute Gasteiger partial charge is 0.493 e. The molecule has 1 saturated heterocycles. The van der Waals surface area contributed by atoms with E-state index in [1.165, 1.54) is 6.08 Å². The molecule has 2 amide bonds. The van der Waals surface area contributed by atoms with Crippen molar-refractivity contribution in [2.45, 2.75) is 32.8 Å². The number of carbonyl (C=O) groups is 2. The molecule has 134 valence electrons. The van der Waals surface area contributed by atoms with Crippen molar-refractivity contribution < 1.29 is 19.1 Å². The molecule has 1 aromatic rings. The van der Waals surface area contributed by atoms with Crippen LogP contribution in [0.1, 0.15) is 31.4 Å². The molecule has 0 bridgehead atoms. The van der Waals surface area contributed by atoms with E-state index in [1.807, 2.05) is 26.0 Å². The van der Waals surface area contributed by atoms with Gasteiger partial charge in [0.15, 0.2) is 0 Å². The van der Waals surface area contributed by atoms with Gasteiger partial charge < -0.3 is 20.1 Å². The lowest BCUT2D eigenvalue weighted by Gasteiger charge is -2.14. The number of rotatable bonds is 5. The van der Waals surface area contributed by atoms with Crippen molar-refractivity contribution in [2.75, 3.05) is 19.7 Å². The molecule has 6 nitrogen and oxygen atoms in total. The number of nitrogens with two attached hydrogens (primary N) is 1. The number of ether oxygens (including phenoxy) is 2. The number of primary amides is 1. The third kappa shape index (κ3) is 3.78. The second kappa shape index (κ2) is 7.17. The molecule has 0 radical (unpaired) electrons. The van der Waals surface area contributed by atoms with Crippen molar-refractivity contribution in [1.29, 1.82) is 0 Å². The first-order valence-electron chi connectivity index (χ1n) is 8.70. The van der Waals surface area contributed by atoms with Gasteiger partial charge in [-0.1, -0.05) is 0 Å². The highest BCUT2D eigenvalue weighted by molar-refractivity contribution is 5.93. The molecule has 2 heterocycles. The van der Waals surface area contributed by atoms with Gasteiger partial charge in [0.05, 0.1) is 12.5 Å². The van der Waals surface area contributed by atoms with Gasteiger partial charge in [-0.05, 0) is 38.5 Å². The highest BCUT2D eigenvalue weighted by Gasteiger charge is 2.28. The monoisotopic (exact) mass is 344 g/mol. The van der Waals surface area contributed by atoms with Crippen molar-refractivity contribution in [2.24, 2.45) is 11.7 Å². The molecule has 0 saturated carbocycles. The van der Waals surface area contributed by atoms with E-state index in [2.05, 4.69) is 0 Å². The Labute approximate surface area is 147 Å². The number of likely N-dealkylation sites (tertiary alicyclic amines) is 1. The number of fused-ring (bicyclic) bond motifs is 1. The van der Waals surface area contributed by atoms with Gasteiger partial charge in [0, 0.05) is 36.7 Å². The standard InChI is InChI=1S/C19H24N2O4/c1-3-24-16-10-15-8-12(2)25-17(15)9-13(16)4-5-18(22)21-7-6-14(11-21)19(20)23/h4-5,9-10,12,14H,3,6-8,11H2,1-2H3,(H2,20,23)/b5-4-/t12-,14-/m0/s1. The van der Waals surface area contributed by atoms with Gasteiger partial charge in [0.25, 0.3) is 0 Å². The van der Waals surface area contributed by atoms with Gasteiger partial charge in [0.1, 0.15) is 17.6 Å². The number of benzene rings is 1. The van der Waals surface area contributed by atoms with Crippen LogP contribution in [-0.2, 0) is 16.0 Å². The summed E-state index contributed by atoms with van der Waals surface area (Å²) < 4.78 is 11.5. The second-order valence-electron chi connectivity index (χ2n) is 6.57. The summed E-state index contributed by atoms with van der Waals surface area (Å²) in [6.45, 7) is 5.46. The molecular formula is C19H24N2O4. The smallest absolute Gasteiger partial charge is 0.246 e. The van der Waals surface area contributed by atoms with Crippen LogP contribution in [0.4, 0.5) is 0 Å². The van der Waals surface area contributed by atoms with Crippen molar-refractivity contribution >= 4 is 17.9 Å². The molecular weight excluding hydrogens is 320 g/mol. The zero-order chi connectivity index (χ0) is 18.0. The summed E-state index contributed by atoms with van der Waals surface area (Å²) in [5.41, 5.74) is 7.26. The van der Waals surface area contributed by atoms with E-state index < -0.39 is 0 Å². The molecule has 2 atom stereocenters. The van der Waals surface area contributed by atoms with E-state index in [4.69, 9.17) is 15.2 Å². The summed E-state index contributed by atoms with van der Waals surface area (Å²) in [6.07, 6.45) is 4.91. The minimum absolute atomic E-state index is 0.124. The zero-order valence-electron chi connectivity index (χ0n) is 14.7. The fourth-order valence-electron chi connectivity index (χ4n) is 3.33. The summed E-state index contributed by atoms with van der Waals surface area (Å²) in [7, 11) is 0. The Hall–Kier alpha value is -2.50. The maximum absolute atomic E-state index is 12.4. The van der Waals surface area contributed by atoms with Crippen LogP contribution >= 0.6 is 0 Å². The van der Waals surface area contributed by atoms with Gasteiger partial charge in [-0.25, -0.2) is 0 Å². The van der Waals surface area contributed by atoms with Crippen molar-refractivity contribution in [3.63, 3.8) is 0 Å². The van der Waals surface area contributed by atoms with Crippen LogP contribution in [0.3, 0.4) is 0 Å². The molecule has 0 aliphatic carbocycles. The molecule has 0 spiro atoms. The van der Waals surface area contributed by atoms with Gasteiger partial charge in [-0.2, -0.15) is 0 Å². The lowest BCUT2D eigenvalue weighted by molar-refractivity contribution is -0.125. The molecule has 1 fully saturated rings. The Kier molecular flexibility index (Phi) is 4.97. The highest BCUT2D eigenvalue weighted by Crippen LogP contribution is 2.35. The third-order valence-corrected chi connectivity index (χ3v) is 4.64. The average Bonchev–Trinajstić information content (AvgIpc) is 3.18. The number of nitrogens with zero attached hydrogens (tertiary/aromatic N) is 1. The fraction of sp³-hybridized carbons (Fsp3) is 0.474. The molecule has 0 unspecified atom stereocenters. The summed E-state index contributed by atoms with van der Waals surface area (Å²) in [5, 5.41) is 0. The van der Waals surface area contributed by atoms with Gasteiger partial charge in [0.2, 0.25) is 11.8 Å². The van der Waals surface area contributed by atoms with Gasteiger partial charge in [-0.15, -0.1) is 0 Å². The number of hydrogen-bond acceptors (Lipinski definition) is 4. The van der Waals surface area contributed by atoms with Crippen LogP contribution in [0.2, 0.25) is 0 Å². The van der Waals surface area contributed by atoms with Gasteiger partial charge in [-0.3, -0.25) is 9.59 Å². The first-order valence-corrected chi connectivity index (χ1v) is 8.70. The van der Waals surface area contributed by atoms with Crippen LogP contribution in [0.5, 0.6) is 11.5 Å². The summed E-state index contributed by atoms with van der Waals surface area (Å²) in [6, 6.07) is 3.91. The first-order chi connectivity index (χ1) is 12.0. The fourth-order valence-corrected chi connectivity index (χ4v) is 3.33. The van der Waals surface area contributed by atoms with E-state index in [0.29, 0.717) is 26.1 Å². The molecule has 25 heavy (non-hydrogen) atoms. The van der Waals surface area contributed by atoms with Crippen molar-refractivity contribution in [3.05, 3.63) is 29.3 Å². The molecule has 3 rings (SSSR count). The predicted molar refractivity (Wildman–Crippen MR) is 94.3 cm³/mol. The topological polar surface area (TPSA) is 81.9 Å². The SMILES string of the molecule is CCOc1cc2c(cc1/C=C\C(=O)N1CC[C@H](C(N)=O)C1)O[C@@H](C)C2. The second-order valence-corrected chi connectivity index (χ2v) is 6.57. The lowest BCUT2D eigenvalue weighted by Crippen LogP contribution is -2.30. The molecule has 0 aromatic heterocycles. The Bertz CT molecular complexity index is 714. The van der Waals surface area contributed by atoms with Crippen molar-refractivity contribution in [1.82, 2.24) is 4.90 Å². The van der Waals surface area contributed by atoms with E-state index in [9.17, 15) is 9.59 Å². The summed E-state index contributed by atoms with van der Waals surface area (Å²) in [4.78, 5) is 25.2. The first kappa shape index (κ1) is 17.3. The number of amides is 2. The summed E-state index contributed by atoms with van der Waals surface area (Å²) in [5.74, 6) is 0.882. The maximum atomic E-state index is 12.4. The third-order valence-electron chi connectivity index (χ3n) is 4.64. The minimum Gasteiger partial charge on any atom is -0.493 e. The Morgan fingerprint density at radius 1 is 1.44 bits per heavy atom. The van der Waals surface area contributed by atoms with Crippen LogP contribution in [0, 0.1) is 5.92 Å². The van der Waals surface area contributed by atoms with E-state index in [0.717, 1.165) is 29.0 Å². The highest BCUT2D eigenvalue weighted by atomic mass is 16.5. The Balaban J connectivity index is 1.75. The van der Waals surface area contributed by atoms with Crippen LogP contribution in [-0.4, -0.2) is 42.5 Å². The van der Waals surface area contributed by atoms with E-state index in [1.54, 1.807) is 11.0 Å². The minimum atomic E-state index is -0.345. The molecule has 6 heteroatoms. The summed E-state index contributed by atoms with van der Waals surface area (Å²) >= 11 is 0. The van der Waals surface area contributed by atoms with Crippen LogP contribution in [0.15, 0.2) is 18.2 Å². The maximum Gasteiger partial charge on any atom is 0.246 e. The van der Waals surface area contributed by atoms with E-state index >= 15 is 0 Å². The average molecular weight is 344 g/mol.